The molecule has 100 valence electrons. The summed E-state index contributed by atoms with van der Waals surface area (Å²) in [6.07, 6.45) is 1.36. The number of nitrogens with two attached hydrogens (primary N) is 1. The lowest BCUT2D eigenvalue weighted by Gasteiger charge is -2.41. The van der Waals surface area contributed by atoms with Gasteiger partial charge >= 0.3 is 0 Å². The van der Waals surface area contributed by atoms with Crippen LogP contribution < -0.4 is 10.6 Å². The smallest absolute Gasteiger partial charge is 0.0723 e. The molecule has 0 aliphatic carbocycles. The molecule has 1 aromatic carbocycles. The summed E-state index contributed by atoms with van der Waals surface area (Å²) in [5, 5.41) is 0. The van der Waals surface area contributed by atoms with E-state index in [4.69, 9.17) is 10.5 Å². The maximum absolute atomic E-state index is 5.89. The quantitative estimate of drug-likeness (QED) is 0.932. The van der Waals surface area contributed by atoms with Crippen molar-refractivity contribution in [1.29, 1.82) is 0 Å². The summed E-state index contributed by atoms with van der Waals surface area (Å²) in [6, 6.07) is 6.73. The van der Waals surface area contributed by atoms with Gasteiger partial charge in [-0.05, 0) is 25.5 Å². The zero-order valence-electron chi connectivity index (χ0n) is 11.0. The highest BCUT2D eigenvalue weighted by molar-refractivity contribution is 9.10. The minimum atomic E-state index is 0.275. The van der Waals surface area contributed by atoms with Crippen molar-refractivity contribution in [2.75, 3.05) is 18.1 Å². The number of hydrogen-bond donors (Lipinski definition) is 1. The summed E-state index contributed by atoms with van der Waals surface area (Å²) in [6.45, 7) is 6.62. The lowest BCUT2D eigenvalue weighted by molar-refractivity contribution is 0.0299. The third kappa shape index (κ3) is 2.71. The fraction of sp³-hybridized carbons (Fsp3) is 0.571. The first-order valence-electron chi connectivity index (χ1n) is 6.53. The molecule has 1 fully saturated rings. The van der Waals surface area contributed by atoms with Gasteiger partial charge in [0.05, 0.1) is 18.8 Å². The normalized spacial score (nSPS) is 24.3. The zero-order chi connectivity index (χ0) is 13.1. The van der Waals surface area contributed by atoms with Crippen LogP contribution in [0.25, 0.3) is 0 Å². The summed E-state index contributed by atoms with van der Waals surface area (Å²) in [7, 11) is 0. The Balaban J connectivity index is 2.36. The summed E-state index contributed by atoms with van der Waals surface area (Å²) in [5.41, 5.74) is 8.32. The first kappa shape index (κ1) is 13.8. The summed E-state index contributed by atoms with van der Waals surface area (Å²) >= 11 is 3.59. The first-order valence-corrected chi connectivity index (χ1v) is 7.32. The van der Waals surface area contributed by atoms with Crippen LogP contribution >= 0.6 is 15.9 Å². The molecule has 0 spiro atoms. The van der Waals surface area contributed by atoms with Crippen molar-refractivity contribution in [3.63, 3.8) is 0 Å². The molecule has 2 unspecified atom stereocenters. The number of morpholine rings is 1. The maximum Gasteiger partial charge on any atom is 0.0723 e. The molecule has 0 radical (unpaired) electrons. The fourth-order valence-corrected chi connectivity index (χ4v) is 3.01. The van der Waals surface area contributed by atoms with Gasteiger partial charge in [-0.3, -0.25) is 0 Å². The summed E-state index contributed by atoms with van der Waals surface area (Å²) in [4.78, 5) is 2.45. The molecule has 0 bridgehead atoms. The van der Waals surface area contributed by atoms with Gasteiger partial charge in [-0.15, -0.1) is 0 Å². The maximum atomic E-state index is 5.89. The molecule has 0 saturated carbocycles. The molecule has 0 amide bonds. The van der Waals surface area contributed by atoms with E-state index in [1.807, 2.05) is 0 Å². The molecule has 4 heteroatoms. The Bertz CT molecular complexity index is 411. The Morgan fingerprint density at radius 1 is 1.50 bits per heavy atom. The van der Waals surface area contributed by atoms with E-state index in [0.29, 0.717) is 12.6 Å². The Kier molecular flexibility index (Phi) is 4.65. The molecule has 0 aromatic heterocycles. The monoisotopic (exact) mass is 312 g/mol. The van der Waals surface area contributed by atoms with E-state index in [-0.39, 0.29) is 6.10 Å². The minimum Gasteiger partial charge on any atom is -0.375 e. The van der Waals surface area contributed by atoms with Gasteiger partial charge in [-0.2, -0.15) is 0 Å². The van der Waals surface area contributed by atoms with Crippen molar-refractivity contribution in [2.24, 2.45) is 5.73 Å². The van der Waals surface area contributed by atoms with Crippen LogP contribution in [-0.2, 0) is 11.3 Å². The number of nitrogens with zero attached hydrogens (tertiary/aromatic N) is 1. The molecule has 1 aliphatic rings. The third-order valence-electron chi connectivity index (χ3n) is 3.55. The van der Waals surface area contributed by atoms with Crippen molar-refractivity contribution in [1.82, 2.24) is 0 Å². The van der Waals surface area contributed by atoms with Gasteiger partial charge in [-0.1, -0.05) is 28.9 Å². The van der Waals surface area contributed by atoms with Crippen LogP contribution in [0.4, 0.5) is 5.69 Å². The second kappa shape index (κ2) is 6.04. The van der Waals surface area contributed by atoms with Crippen LogP contribution in [0.15, 0.2) is 22.7 Å². The number of ether oxygens (including phenoxy) is 1. The van der Waals surface area contributed by atoms with E-state index in [9.17, 15) is 0 Å². The molecule has 2 atom stereocenters. The molecule has 2 rings (SSSR count). The van der Waals surface area contributed by atoms with Crippen LogP contribution in [0.5, 0.6) is 0 Å². The van der Waals surface area contributed by atoms with Crippen molar-refractivity contribution < 1.29 is 4.74 Å². The number of anilines is 1. The average Bonchev–Trinajstić information content (AvgIpc) is 2.38. The number of hydrogen-bond acceptors (Lipinski definition) is 3. The van der Waals surface area contributed by atoms with E-state index < -0.39 is 0 Å². The molecule has 2 N–H and O–H groups in total. The van der Waals surface area contributed by atoms with Crippen LogP contribution in [0.3, 0.4) is 0 Å². The van der Waals surface area contributed by atoms with E-state index >= 15 is 0 Å². The Morgan fingerprint density at radius 2 is 2.28 bits per heavy atom. The van der Waals surface area contributed by atoms with Crippen molar-refractivity contribution in [3.8, 4) is 0 Å². The van der Waals surface area contributed by atoms with Gasteiger partial charge in [0.15, 0.2) is 0 Å². The van der Waals surface area contributed by atoms with Crippen LogP contribution in [0.2, 0.25) is 0 Å². The predicted molar refractivity (Wildman–Crippen MR) is 78.9 cm³/mol. The van der Waals surface area contributed by atoms with Gasteiger partial charge < -0.3 is 15.4 Å². The number of benzene rings is 1. The number of halogens is 1. The van der Waals surface area contributed by atoms with Crippen LogP contribution in [-0.4, -0.2) is 25.3 Å². The van der Waals surface area contributed by atoms with Gasteiger partial charge in [0.25, 0.3) is 0 Å². The third-order valence-corrected chi connectivity index (χ3v) is 4.29. The SMILES string of the molecule is CCC1COC(C)CN1c1cccc(Br)c1CN. The van der Waals surface area contributed by atoms with Crippen molar-refractivity contribution >= 4 is 21.6 Å². The van der Waals surface area contributed by atoms with Gasteiger partial charge in [0.2, 0.25) is 0 Å². The fourth-order valence-electron chi connectivity index (χ4n) is 2.50. The van der Waals surface area contributed by atoms with E-state index in [1.165, 1.54) is 11.3 Å². The molecular formula is C14H21BrN2O. The lowest BCUT2D eigenvalue weighted by atomic mass is 10.1. The van der Waals surface area contributed by atoms with Crippen molar-refractivity contribution in [3.05, 3.63) is 28.2 Å². The van der Waals surface area contributed by atoms with Crippen LogP contribution in [0.1, 0.15) is 25.8 Å². The molecule has 1 heterocycles. The molecule has 3 nitrogen and oxygen atoms in total. The van der Waals surface area contributed by atoms with Crippen molar-refractivity contribution in [2.45, 2.75) is 39.0 Å². The largest absolute Gasteiger partial charge is 0.375 e. The first-order chi connectivity index (χ1) is 8.67. The second-order valence-corrected chi connectivity index (χ2v) is 5.65. The van der Waals surface area contributed by atoms with Gasteiger partial charge in [0, 0.05) is 28.8 Å². The molecular weight excluding hydrogens is 292 g/mol. The molecule has 1 aliphatic heterocycles. The van der Waals surface area contributed by atoms with Gasteiger partial charge in [0.1, 0.15) is 0 Å². The standard InChI is InChI=1S/C14H21BrN2O/c1-3-11-9-18-10(2)8-17(11)14-6-4-5-13(15)12(14)7-16/h4-6,10-11H,3,7-9,16H2,1-2H3. The minimum absolute atomic E-state index is 0.275. The molecule has 1 aromatic rings. The van der Waals surface area contributed by atoms with Crippen LogP contribution in [0, 0.1) is 0 Å². The average molecular weight is 313 g/mol. The van der Waals surface area contributed by atoms with E-state index in [1.54, 1.807) is 0 Å². The highest BCUT2D eigenvalue weighted by Gasteiger charge is 2.27. The highest BCUT2D eigenvalue weighted by atomic mass is 79.9. The Hall–Kier alpha value is -0.580. The second-order valence-electron chi connectivity index (χ2n) is 4.80. The molecule has 18 heavy (non-hydrogen) atoms. The van der Waals surface area contributed by atoms with E-state index in [0.717, 1.165) is 24.0 Å². The van der Waals surface area contributed by atoms with E-state index in [2.05, 4.69) is 52.9 Å². The predicted octanol–water partition coefficient (Wildman–Crippen LogP) is 2.91. The summed E-state index contributed by atoms with van der Waals surface area (Å²) in [5.74, 6) is 0. The topological polar surface area (TPSA) is 38.5 Å². The number of rotatable bonds is 3. The summed E-state index contributed by atoms with van der Waals surface area (Å²) < 4.78 is 6.85. The zero-order valence-corrected chi connectivity index (χ0v) is 12.6. The Labute approximate surface area is 117 Å². The molecule has 1 saturated heterocycles. The van der Waals surface area contributed by atoms with Gasteiger partial charge in [-0.25, -0.2) is 0 Å². The lowest BCUT2D eigenvalue weighted by Crippen LogP contribution is -2.49. The highest BCUT2D eigenvalue weighted by Crippen LogP contribution is 2.31. The Morgan fingerprint density at radius 3 is 2.94 bits per heavy atom.